The second-order valence-corrected chi connectivity index (χ2v) is 21.8. The number of anilines is 1. The summed E-state index contributed by atoms with van der Waals surface area (Å²) in [5, 5.41) is 17.9. The van der Waals surface area contributed by atoms with Gasteiger partial charge >= 0.3 is 0 Å². The minimum Gasteiger partial charge on any atom is -0.496 e. The van der Waals surface area contributed by atoms with E-state index in [-0.39, 0.29) is 11.8 Å². The van der Waals surface area contributed by atoms with E-state index in [0.29, 0.717) is 30.9 Å². The number of allylic oxidation sites excluding steroid dienone is 1. The number of amidine groups is 1. The number of nitrogens with one attached hydrogen (secondary N) is 2. The molecule has 2 aliphatic carbocycles. The Labute approximate surface area is 317 Å². The summed E-state index contributed by atoms with van der Waals surface area (Å²) in [6, 6.07) is 27.4. The molecule has 2 aliphatic rings. The summed E-state index contributed by atoms with van der Waals surface area (Å²) in [5.74, 6) is 1.52. The molecule has 9 heteroatoms. The van der Waals surface area contributed by atoms with Gasteiger partial charge in [-0.05, 0) is 106 Å². The molecule has 2 saturated carbocycles. The van der Waals surface area contributed by atoms with Crippen LogP contribution in [0.3, 0.4) is 0 Å². The van der Waals surface area contributed by atoms with Crippen LogP contribution in [-0.2, 0) is 22.8 Å². The topological polar surface area (TPSA) is 92.5 Å². The lowest BCUT2D eigenvalue weighted by molar-refractivity contribution is -0.120. The third-order valence-corrected chi connectivity index (χ3v) is 12.4. The van der Waals surface area contributed by atoms with Gasteiger partial charge in [0.15, 0.2) is 0 Å². The maximum atomic E-state index is 14.6. The number of methoxy groups -OCH3 is 1. The summed E-state index contributed by atoms with van der Waals surface area (Å²) in [4.78, 5) is 16.6. The van der Waals surface area contributed by atoms with Gasteiger partial charge in [0.05, 0.1) is 18.7 Å². The van der Waals surface area contributed by atoms with Gasteiger partial charge in [-0.3, -0.25) is 10.2 Å². The molecule has 53 heavy (non-hydrogen) atoms. The van der Waals surface area contributed by atoms with Crippen LogP contribution in [0.5, 0.6) is 5.75 Å². The SMILES string of the molecule is COc1ccccc1/C=C(/C)N(Cc1ccccc1)C(=N)C(C(=O)Nc1ccc(-c2c(C)nn(COCC[Si](C)(C)C)c2C)cc1)C(C1CC1)C1CC1. The highest BCUT2D eigenvalue weighted by atomic mass is 28.3. The molecule has 8 nitrogen and oxygen atoms in total. The van der Waals surface area contributed by atoms with E-state index in [4.69, 9.17) is 14.6 Å². The highest BCUT2D eigenvalue weighted by Crippen LogP contribution is 2.53. The Balaban J connectivity index is 1.25. The van der Waals surface area contributed by atoms with E-state index >= 15 is 0 Å². The van der Waals surface area contributed by atoms with Crippen molar-refractivity contribution >= 4 is 31.6 Å². The molecule has 0 aliphatic heterocycles. The number of rotatable bonds is 17. The number of aryl methyl sites for hydroxylation is 1. The van der Waals surface area contributed by atoms with Crippen molar-refractivity contribution in [3.63, 3.8) is 0 Å². The molecule has 0 bridgehead atoms. The van der Waals surface area contributed by atoms with Crippen LogP contribution in [0.25, 0.3) is 17.2 Å². The number of carbonyl (C=O) groups excluding carboxylic acids is 1. The second kappa shape index (κ2) is 16.7. The summed E-state index contributed by atoms with van der Waals surface area (Å²) < 4.78 is 13.6. The Morgan fingerprint density at radius 3 is 2.25 bits per heavy atom. The van der Waals surface area contributed by atoms with Gasteiger partial charge in [0, 0.05) is 49.4 Å². The predicted octanol–water partition coefficient (Wildman–Crippen LogP) is 10.0. The molecule has 0 radical (unpaired) electrons. The summed E-state index contributed by atoms with van der Waals surface area (Å²) in [6.07, 6.45) is 6.56. The van der Waals surface area contributed by atoms with Crippen molar-refractivity contribution in [2.24, 2.45) is 23.7 Å². The van der Waals surface area contributed by atoms with Crippen molar-refractivity contribution in [3.8, 4) is 16.9 Å². The molecule has 1 heterocycles. The van der Waals surface area contributed by atoms with Crippen molar-refractivity contribution in [1.82, 2.24) is 14.7 Å². The van der Waals surface area contributed by atoms with Crippen LogP contribution in [0.2, 0.25) is 25.7 Å². The molecular weight excluding hydrogens is 675 g/mol. The predicted molar refractivity (Wildman–Crippen MR) is 219 cm³/mol. The fourth-order valence-corrected chi connectivity index (χ4v) is 8.26. The van der Waals surface area contributed by atoms with Crippen LogP contribution >= 0.6 is 0 Å². The number of nitrogens with zero attached hydrogens (tertiary/aromatic N) is 3. The first kappa shape index (κ1) is 38.3. The monoisotopic (exact) mass is 731 g/mol. The fourth-order valence-electron chi connectivity index (χ4n) is 7.51. The number of hydrogen-bond acceptors (Lipinski definition) is 5. The summed E-state index contributed by atoms with van der Waals surface area (Å²) in [7, 11) is 0.516. The molecule has 2 N–H and O–H groups in total. The zero-order valence-corrected chi connectivity index (χ0v) is 33.6. The third kappa shape index (κ3) is 9.75. The van der Waals surface area contributed by atoms with Crippen LogP contribution < -0.4 is 10.1 Å². The number of carbonyl (C=O) groups is 1. The van der Waals surface area contributed by atoms with Gasteiger partial charge < -0.3 is 19.7 Å². The van der Waals surface area contributed by atoms with E-state index in [1.54, 1.807) is 7.11 Å². The Hall–Kier alpha value is -4.47. The second-order valence-electron chi connectivity index (χ2n) is 16.2. The lowest BCUT2D eigenvalue weighted by Gasteiger charge is -2.35. The summed E-state index contributed by atoms with van der Waals surface area (Å²) in [5.41, 5.74) is 7.80. The van der Waals surface area contributed by atoms with Gasteiger partial charge in [-0.15, -0.1) is 0 Å². The van der Waals surface area contributed by atoms with Gasteiger partial charge in [0.25, 0.3) is 0 Å². The van der Waals surface area contributed by atoms with Crippen molar-refractivity contribution in [2.75, 3.05) is 19.0 Å². The molecule has 280 valence electrons. The van der Waals surface area contributed by atoms with E-state index < -0.39 is 14.0 Å². The van der Waals surface area contributed by atoms with Gasteiger partial charge in [-0.2, -0.15) is 5.10 Å². The van der Waals surface area contributed by atoms with Crippen molar-refractivity contribution in [3.05, 3.63) is 107 Å². The van der Waals surface area contributed by atoms with Gasteiger partial charge in [0.2, 0.25) is 5.91 Å². The smallest absolute Gasteiger partial charge is 0.235 e. The minimum atomic E-state index is -1.16. The Morgan fingerprint density at radius 2 is 1.62 bits per heavy atom. The number of para-hydroxylation sites is 1. The van der Waals surface area contributed by atoms with E-state index in [1.807, 2.05) is 78.0 Å². The largest absolute Gasteiger partial charge is 0.496 e. The molecule has 4 aromatic rings. The molecule has 3 aromatic carbocycles. The zero-order valence-electron chi connectivity index (χ0n) is 32.6. The molecule has 0 spiro atoms. The molecule has 0 saturated heterocycles. The first-order valence-corrected chi connectivity index (χ1v) is 22.9. The lowest BCUT2D eigenvalue weighted by atomic mass is 9.81. The Morgan fingerprint density at radius 1 is 0.981 bits per heavy atom. The maximum absolute atomic E-state index is 14.6. The summed E-state index contributed by atoms with van der Waals surface area (Å²) in [6.45, 7) is 14.9. The molecule has 1 atom stereocenters. The van der Waals surface area contributed by atoms with E-state index in [0.717, 1.165) is 89.1 Å². The highest BCUT2D eigenvalue weighted by Gasteiger charge is 2.50. The fraction of sp³-hybridized carbons (Fsp3) is 0.432. The quantitative estimate of drug-likeness (QED) is 0.0488. The standard InChI is InChI=1S/C44H57N5O3Si/c1-30(27-37-15-11-12-16-39(37)51-4)48(28-33-13-9-8-10-14-33)43(45)42(41(35-17-18-35)36-19-20-36)44(50)46-38-23-21-34(22-24-38)40-31(2)47-49(32(40)3)29-52-25-26-53(5,6)7/h8-16,21-24,27,35-36,41-42,45H,17-20,25-26,28-29H2,1-7H3,(H,46,50)/b30-27-,45-43?. The van der Waals surface area contributed by atoms with E-state index in [1.165, 1.54) is 0 Å². The van der Waals surface area contributed by atoms with Crippen LogP contribution in [0.15, 0.2) is 84.6 Å². The van der Waals surface area contributed by atoms with Crippen LogP contribution in [-0.4, -0.2) is 48.2 Å². The molecule has 6 rings (SSSR count). The van der Waals surface area contributed by atoms with Gasteiger partial charge in [-0.25, -0.2) is 4.68 Å². The van der Waals surface area contributed by atoms with Crippen LogP contribution in [0.4, 0.5) is 5.69 Å². The average Bonchev–Trinajstić information content (AvgIpc) is 4.08. The Kier molecular flexibility index (Phi) is 12.0. The lowest BCUT2D eigenvalue weighted by Crippen LogP contribution is -2.44. The number of ether oxygens (including phenoxy) is 2. The molecular formula is C44H57N5O3Si. The van der Waals surface area contributed by atoms with Crippen molar-refractivity contribution in [2.45, 2.75) is 85.4 Å². The molecule has 1 amide bonds. The van der Waals surface area contributed by atoms with Gasteiger partial charge in [-0.1, -0.05) is 80.3 Å². The highest BCUT2D eigenvalue weighted by molar-refractivity contribution is 6.76. The first-order chi connectivity index (χ1) is 25.4. The number of aromatic nitrogens is 2. The summed E-state index contributed by atoms with van der Waals surface area (Å²) >= 11 is 0. The number of benzene rings is 3. The average molecular weight is 732 g/mol. The molecule has 2 fully saturated rings. The van der Waals surface area contributed by atoms with Crippen LogP contribution in [0, 0.1) is 42.9 Å². The van der Waals surface area contributed by atoms with Crippen LogP contribution in [0.1, 0.15) is 55.1 Å². The maximum Gasteiger partial charge on any atom is 0.235 e. The normalized spacial score (nSPS) is 15.4. The van der Waals surface area contributed by atoms with E-state index in [2.05, 4.69) is 62.2 Å². The van der Waals surface area contributed by atoms with Crippen molar-refractivity contribution < 1.29 is 14.3 Å². The van der Waals surface area contributed by atoms with E-state index in [9.17, 15) is 10.2 Å². The minimum absolute atomic E-state index is 0.106. The molecule has 1 aromatic heterocycles. The van der Waals surface area contributed by atoms with Gasteiger partial charge in [0.1, 0.15) is 18.3 Å². The Bertz CT molecular complexity index is 1890. The first-order valence-electron chi connectivity index (χ1n) is 19.2. The number of hydrogen-bond donors (Lipinski definition) is 2. The number of amides is 1. The molecule has 1 unspecified atom stereocenters. The zero-order chi connectivity index (χ0) is 37.7. The third-order valence-electron chi connectivity index (χ3n) is 10.7. The van der Waals surface area contributed by atoms with Crippen molar-refractivity contribution in [1.29, 1.82) is 5.41 Å².